The molecule has 0 saturated carbocycles. The average Bonchev–Trinajstić information content (AvgIpc) is 2.39. The fraction of sp³-hybridized carbons (Fsp3) is 0.533. The van der Waals surface area contributed by atoms with Gasteiger partial charge in [-0.05, 0) is 32.9 Å². The molecule has 2 amide bonds. The lowest BCUT2D eigenvalue weighted by Crippen LogP contribution is -2.43. The first-order valence-electron chi connectivity index (χ1n) is 6.97. The van der Waals surface area contributed by atoms with Crippen molar-refractivity contribution in [1.29, 1.82) is 0 Å². The van der Waals surface area contributed by atoms with E-state index in [-0.39, 0.29) is 24.1 Å². The summed E-state index contributed by atoms with van der Waals surface area (Å²) in [6.07, 6.45) is 0. The number of benzene rings is 1. The quantitative estimate of drug-likeness (QED) is 0.640. The van der Waals surface area contributed by atoms with E-state index in [9.17, 15) is 4.79 Å². The van der Waals surface area contributed by atoms with Crippen molar-refractivity contribution in [2.45, 2.75) is 26.3 Å². The van der Waals surface area contributed by atoms with E-state index in [0.29, 0.717) is 24.6 Å². The maximum atomic E-state index is 11.9. The van der Waals surface area contributed by atoms with E-state index in [2.05, 4.69) is 10.6 Å². The number of para-hydroxylation sites is 2. The molecule has 1 aromatic carbocycles. The molecule has 1 aromatic rings. The van der Waals surface area contributed by atoms with Gasteiger partial charge in [-0.3, -0.25) is 0 Å². The molecule has 0 fully saturated rings. The highest BCUT2D eigenvalue weighted by molar-refractivity contribution is 5.91. The van der Waals surface area contributed by atoms with Crippen molar-refractivity contribution in [1.82, 2.24) is 5.32 Å². The number of nitrogens with two attached hydrogens (primary N) is 1. The van der Waals surface area contributed by atoms with Crippen molar-refractivity contribution < 1.29 is 14.6 Å². The Morgan fingerprint density at radius 1 is 1.38 bits per heavy atom. The molecule has 0 aliphatic rings. The second-order valence-electron chi connectivity index (χ2n) is 5.92. The van der Waals surface area contributed by atoms with Crippen LogP contribution in [0, 0.1) is 5.92 Å². The lowest BCUT2D eigenvalue weighted by molar-refractivity contribution is 0.168. The van der Waals surface area contributed by atoms with Gasteiger partial charge in [-0.1, -0.05) is 12.1 Å². The number of nitrogens with one attached hydrogen (secondary N) is 2. The normalized spacial score (nSPS) is 12.6. The summed E-state index contributed by atoms with van der Waals surface area (Å²) in [5.74, 6) is 0.426. The molecule has 0 saturated heterocycles. The van der Waals surface area contributed by atoms with Gasteiger partial charge in [0.2, 0.25) is 0 Å². The van der Waals surface area contributed by atoms with Crippen molar-refractivity contribution in [2.75, 3.05) is 25.1 Å². The van der Waals surface area contributed by atoms with E-state index >= 15 is 0 Å². The van der Waals surface area contributed by atoms with Crippen LogP contribution in [0.3, 0.4) is 0 Å². The largest absolute Gasteiger partial charge is 0.491 e. The van der Waals surface area contributed by atoms with E-state index in [1.165, 1.54) is 0 Å². The summed E-state index contributed by atoms with van der Waals surface area (Å²) in [6.45, 7) is 6.33. The molecule has 118 valence electrons. The van der Waals surface area contributed by atoms with Crippen LogP contribution in [0.15, 0.2) is 24.3 Å². The number of hydrogen-bond acceptors (Lipinski definition) is 4. The van der Waals surface area contributed by atoms with Crippen LogP contribution in [0.2, 0.25) is 0 Å². The Kier molecular flexibility index (Phi) is 6.45. The van der Waals surface area contributed by atoms with Gasteiger partial charge in [0.25, 0.3) is 0 Å². The molecule has 0 aromatic heterocycles. The molecule has 0 heterocycles. The molecule has 0 spiro atoms. The van der Waals surface area contributed by atoms with E-state index in [1.807, 2.05) is 32.9 Å². The highest BCUT2D eigenvalue weighted by Gasteiger charge is 2.15. The predicted molar refractivity (Wildman–Crippen MR) is 83.5 cm³/mol. The Labute approximate surface area is 125 Å². The minimum atomic E-state index is -0.318. The summed E-state index contributed by atoms with van der Waals surface area (Å²) in [6, 6.07) is 6.85. The SMILES string of the molecule is CC(C)(C)NC(=O)Nc1ccccc1OCC(CN)CO. The van der Waals surface area contributed by atoms with Crippen molar-refractivity contribution in [3.05, 3.63) is 24.3 Å². The van der Waals surface area contributed by atoms with Crippen LogP contribution >= 0.6 is 0 Å². The molecule has 21 heavy (non-hydrogen) atoms. The number of urea groups is 1. The van der Waals surface area contributed by atoms with Gasteiger partial charge >= 0.3 is 6.03 Å². The first-order valence-corrected chi connectivity index (χ1v) is 6.97. The summed E-state index contributed by atoms with van der Waals surface area (Å²) in [4.78, 5) is 11.9. The smallest absolute Gasteiger partial charge is 0.319 e. The minimum absolute atomic E-state index is 0.0311. The third-order valence-corrected chi connectivity index (χ3v) is 2.69. The molecule has 5 N–H and O–H groups in total. The van der Waals surface area contributed by atoms with Crippen LogP contribution in [-0.4, -0.2) is 36.4 Å². The number of hydrogen-bond donors (Lipinski definition) is 4. The Bertz CT molecular complexity index is 454. The molecule has 0 bridgehead atoms. The molecule has 0 aliphatic carbocycles. The predicted octanol–water partition coefficient (Wildman–Crippen LogP) is 1.55. The van der Waals surface area contributed by atoms with Crippen molar-refractivity contribution in [2.24, 2.45) is 11.7 Å². The van der Waals surface area contributed by atoms with Crippen LogP contribution in [0.25, 0.3) is 0 Å². The number of aliphatic hydroxyl groups excluding tert-OH is 1. The number of rotatable bonds is 6. The zero-order chi connectivity index (χ0) is 15.9. The second-order valence-corrected chi connectivity index (χ2v) is 5.92. The van der Waals surface area contributed by atoms with E-state index in [4.69, 9.17) is 15.6 Å². The van der Waals surface area contributed by atoms with Gasteiger partial charge in [0.15, 0.2) is 0 Å². The van der Waals surface area contributed by atoms with E-state index in [0.717, 1.165) is 0 Å². The summed E-state index contributed by atoms with van der Waals surface area (Å²) in [7, 11) is 0. The van der Waals surface area contributed by atoms with Crippen molar-refractivity contribution >= 4 is 11.7 Å². The van der Waals surface area contributed by atoms with Gasteiger partial charge in [-0.15, -0.1) is 0 Å². The standard InChI is InChI=1S/C15H25N3O3/c1-15(2,3)18-14(20)17-12-6-4-5-7-13(12)21-10-11(8-16)9-19/h4-7,11,19H,8-10,16H2,1-3H3,(H2,17,18,20). The fourth-order valence-electron chi connectivity index (χ4n) is 1.59. The van der Waals surface area contributed by atoms with Gasteiger partial charge in [-0.25, -0.2) is 4.79 Å². The maximum Gasteiger partial charge on any atom is 0.319 e. The van der Waals surface area contributed by atoms with Gasteiger partial charge in [-0.2, -0.15) is 0 Å². The van der Waals surface area contributed by atoms with E-state index in [1.54, 1.807) is 12.1 Å². The first kappa shape index (κ1) is 17.3. The zero-order valence-electron chi connectivity index (χ0n) is 12.8. The number of aliphatic hydroxyl groups is 1. The van der Waals surface area contributed by atoms with E-state index < -0.39 is 0 Å². The molecule has 0 radical (unpaired) electrons. The summed E-state index contributed by atoms with van der Waals surface area (Å²) < 4.78 is 5.63. The third-order valence-electron chi connectivity index (χ3n) is 2.69. The number of ether oxygens (including phenoxy) is 1. The van der Waals surface area contributed by atoms with Crippen LogP contribution < -0.4 is 21.1 Å². The minimum Gasteiger partial charge on any atom is -0.491 e. The molecular formula is C15H25N3O3. The van der Waals surface area contributed by atoms with Crippen molar-refractivity contribution in [3.63, 3.8) is 0 Å². The topological polar surface area (TPSA) is 96.6 Å². The zero-order valence-corrected chi connectivity index (χ0v) is 12.8. The summed E-state index contributed by atoms with van der Waals surface area (Å²) in [5, 5.41) is 14.7. The van der Waals surface area contributed by atoms with Crippen molar-refractivity contribution in [3.8, 4) is 5.75 Å². The Morgan fingerprint density at radius 3 is 2.62 bits per heavy atom. The molecule has 1 unspecified atom stereocenters. The van der Waals surface area contributed by atoms with Gasteiger partial charge in [0.05, 0.1) is 18.9 Å². The molecule has 1 rings (SSSR count). The van der Waals surface area contributed by atoms with Crippen LogP contribution in [0.1, 0.15) is 20.8 Å². The number of anilines is 1. The maximum absolute atomic E-state index is 11.9. The highest BCUT2D eigenvalue weighted by Crippen LogP contribution is 2.24. The van der Waals surface area contributed by atoms with Crippen LogP contribution in [-0.2, 0) is 0 Å². The third kappa shape index (κ3) is 6.46. The second kappa shape index (κ2) is 7.85. The Hall–Kier alpha value is -1.79. The number of amides is 2. The van der Waals surface area contributed by atoms with Crippen LogP contribution in [0.5, 0.6) is 5.75 Å². The van der Waals surface area contributed by atoms with Gasteiger partial charge in [0, 0.05) is 18.0 Å². The molecular weight excluding hydrogens is 270 g/mol. The monoisotopic (exact) mass is 295 g/mol. The highest BCUT2D eigenvalue weighted by atomic mass is 16.5. The van der Waals surface area contributed by atoms with Crippen LogP contribution in [0.4, 0.5) is 10.5 Å². The van der Waals surface area contributed by atoms with Gasteiger partial charge in [0.1, 0.15) is 5.75 Å². The molecule has 6 heteroatoms. The number of carbonyl (C=O) groups is 1. The summed E-state index contributed by atoms with van der Waals surface area (Å²) in [5.41, 5.74) is 5.77. The lowest BCUT2D eigenvalue weighted by Gasteiger charge is -2.21. The lowest BCUT2D eigenvalue weighted by atomic mass is 10.1. The molecule has 0 aliphatic heterocycles. The Morgan fingerprint density at radius 2 is 2.05 bits per heavy atom. The molecule has 1 atom stereocenters. The average molecular weight is 295 g/mol. The molecule has 6 nitrogen and oxygen atoms in total. The fourth-order valence-corrected chi connectivity index (χ4v) is 1.59. The summed E-state index contributed by atoms with van der Waals surface area (Å²) >= 11 is 0. The first-order chi connectivity index (χ1) is 9.85. The number of carbonyl (C=O) groups excluding carboxylic acids is 1. The Balaban J connectivity index is 2.68. The van der Waals surface area contributed by atoms with Gasteiger partial charge < -0.3 is 26.2 Å².